The molecule has 0 saturated carbocycles. The molecule has 1 unspecified atom stereocenters. The lowest BCUT2D eigenvalue weighted by atomic mass is 10.2. The molecule has 0 radical (unpaired) electrons. The monoisotopic (exact) mass is 342 g/mol. The van der Waals surface area contributed by atoms with Gasteiger partial charge in [0.2, 0.25) is 5.88 Å². The number of methoxy groups -OCH3 is 1. The molecular weight excluding hydrogens is 316 g/mol. The standard InChI is InChI=1S/C19H26N4O2/c1-15(13-24-3)23-19(20-2)22-12-17-10-7-11-21-18(17)25-14-16-8-5-4-6-9-16/h4-11,15H,12-14H2,1-3H3,(H2,20,22,23). The molecule has 2 rings (SSSR count). The van der Waals surface area contributed by atoms with Crippen LogP contribution in [0.1, 0.15) is 18.1 Å². The van der Waals surface area contributed by atoms with Crippen molar-refractivity contribution >= 4 is 5.96 Å². The van der Waals surface area contributed by atoms with Crippen molar-refractivity contribution in [3.63, 3.8) is 0 Å². The second-order valence-electron chi connectivity index (χ2n) is 5.67. The second-order valence-corrected chi connectivity index (χ2v) is 5.67. The smallest absolute Gasteiger partial charge is 0.218 e. The summed E-state index contributed by atoms with van der Waals surface area (Å²) in [5, 5.41) is 6.54. The summed E-state index contributed by atoms with van der Waals surface area (Å²) in [5.41, 5.74) is 2.08. The van der Waals surface area contributed by atoms with E-state index in [-0.39, 0.29) is 6.04 Å². The highest BCUT2D eigenvalue weighted by molar-refractivity contribution is 5.79. The van der Waals surface area contributed by atoms with Crippen LogP contribution in [0.25, 0.3) is 0 Å². The van der Waals surface area contributed by atoms with Crippen molar-refractivity contribution in [2.24, 2.45) is 4.99 Å². The number of guanidine groups is 1. The van der Waals surface area contributed by atoms with Gasteiger partial charge in [-0.15, -0.1) is 0 Å². The quantitative estimate of drug-likeness (QED) is 0.569. The number of pyridine rings is 1. The molecule has 1 heterocycles. The van der Waals surface area contributed by atoms with Crippen LogP contribution in [-0.2, 0) is 17.9 Å². The minimum atomic E-state index is 0.166. The topological polar surface area (TPSA) is 67.8 Å². The van der Waals surface area contributed by atoms with E-state index in [2.05, 4.69) is 20.6 Å². The largest absolute Gasteiger partial charge is 0.473 e. The first-order chi connectivity index (χ1) is 12.2. The maximum atomic E-state index is 5.88. The van der Waals surface area contributed by atoms with E-state index >= 15 is 0 Å². The van der Waals surface area contributed by atoms with E-state index in [1.807, 2.05) is 49.4 Å². The highest BCUT2D eigenvalue weighted by Gasteiger charge is 2.08. The lowest BCUT2D eigenvalue weighted by Gasteiger charge is -2.18. The Morgan fingerprint density at radius 2 is 2.00 bits per heavy atom. The maximum Gasteiger partial charge on any atom is 0.218 e. The molecular formula is C19H26N4O2. The lowest BCUT2D eigenvalue weighted by Crippen LogP contribution is -2.43. The van der Waals surface area contributed by atoms with Crippen LogP contribution in [0.4, 0.5) is 0 Å². The fraction of sp³-hybridized carbons (Fsp3) is 0.368. The predicted octanol–water partition coefficient (Wildman–Crippen LogP) is 2.36. The molecule has 1 aromatic carbocycles. The van der Waals surface area contributed by atoms with Crippen LogP contribution < -0.4 is 15.4 Å². The summed E-state index contributed by atoms with van der Waals surface area (Å²) in [5.74, 6) is 1.33. The van der Waals surface area contributed by atoms with E-state index < -0.39 is 0 Å². The molecule has 1 atom stereocenters. The second kappa shape index (κ2) is 10.3. The Morgan fingerprint density at radius 3 is 2.72 bits per heavy atom. The number of ether oxygens (including phenoxy) is 2. The molecule has 0 aliphatic carbocycles. The van der Waals surface area contributed by atoms with E-state index in [1.165, 1.54) is 0 Å². The van der Waals surface area contributed by atoms with Gasteiger partial charge in [0.1, 0.15) is 6.61 Å². The van der Waals surface area contributed by atoms with Gasteiger partial charge in [-0.1, -0.05) is 36.4 Å². The number of hydrogen-bond acceptors (Lipinski definition) is 4. The molecule has 0 bridgehead atoms. The Bertz CT molecular complexity index is 661. The van der Waals surface area contributed by atoms with Gasteiger partial charge in [-0.2, -0.15) is 0 Å². The van der Waals surface area contributed by atoms with Crippen molar-refractivity contribution in [1.29, 1.82) is 0 Å². The number of aromatic nitrogens is 1. The Kier molecular flexibility index (Phi) is 7.72. The Balaban J connectivity index is 1.93. The zero-order valence-corrected chi connectivity index (χ0v) is 15.0. The van der Waals surface area contributed by atoms with Crippen molar-refractivity contribution in [3.8, 4) is 5.88 Å². The summed E-state index contributed by atoms with van der Waals surface area (Å²) in [6.45, 7) is 3.70. The van der Waals surface area contributed by atoms with Crippen LogP contribution >= 0.6 is 0 Å². The number of hydrogen-bond donors (Lipinski definition) is 2. The van der Waals surface area contributed by atoms with Gasteiger partial charge < -0.3 is 20.1 Å². The number of nitrogens with zero attached hydrogens (tertiary/aromatic N) is 2. The number of nitrogens with one attached hydrogen (secondary N) is 2. The van der Waals surface area contributed by atoms with E-state index in [1.54, 1.807) is 20.4 Å². The molecule has 6 nitrogen and oxygen atoms in total. The summed E-state index contributed by atoms with van der Waals surface area (Å²) in [6.07, 6.45) is 1.73. The number of rotatable bonds is 8. The highest BCUT2D eigenvalue weighted by atomic mass is 16.5. The fourth-order valence-electron chi connectivity index (χ4n) is 2.31. The molecule has 2 aromatic rings. The third kappa shape index (κ3) is 6.43. The number of aliphatic imine (C=N–C) groups is 1. The Hall–Kier alpha value is -2.60. The van der Waals surface area contributed by atoms with Gasteiger partial charge in [0, 0.05) is 38.5 Å². The maximum absolute atomic E-state index is 5.88. The van der Waals surface area contributed by atoms with Crippen molar-refractivity contribution in [2.45, 2.75) is 26.1 Å². The first-order valence-corrected chi connectivity index (χ1v) is 8.29. The average Bonchev–Trinajstić information content (AvgIpc) is 2.65. The molecule has 0 spiro atoms. The highest BCUT2D eigenvalue weighted by Crippen LogP contribution is 2.15. The van der Waals surface area contributed by atoms with Crippen LogP contribution in [0, 0.1) is 0 Å². The van der Waals surface area contributed by atoms with E-state index in [9.17, 15) is 0 Å². The summed E-state index contributed by atoms with van der Waals surface area (Å²) in [7, 11) is 3.42. The third-order valence-electron chi connectivity index (χ3n) is 3.54. The third-order valence-corrected chi connectivity index (χ3v) is 3.54. The van der Waals surface area contributed by atoms with Crippen LogP contribution in [0.15, 0.2) is 53.7 Å². The Morgan fingerprint density at radius 1 is 1.20 bits per heavy atom. The molecule has 0 fully saturated rings. The minimum Gasteiger partial charge on any atom is -0.473 e. The molecule has 25 heavy (non-hydrogen) atoms. The molecule has 0 amide bonds. The zero-order chi connectivity index (χ0) is 17.9. The Labute approximate surface area is 149 Å². The van der Waals surface area contributed by atoms with Crippen molar-refractivity contribution in [1.82, 2.24) is 15.6 Å². The van der Waals surface area contributed by atoms with Gasteiger partial charge in [0.25, 0.3) is 0 Å². The minimum absolute atomic E-state index is 0.166. The normalized spacial score (nSPS) is 12.5. The van der Waals surface area contributed by atoms with E-state index in [4.69, 9.17) is 9.47 Å². The zero-order valence-electron chi connectivity index (χ0n) is 15.0. The first-order valence-electron chi connectivity index (χ1n) is 8.29. The van der Waals surface area contributed by atoms with Gasteiger partial charge in [0.15, 0.2) is 5.96 Å². The predicted molar refractivity (Wildman–Crippen MR) is 99.7 cm³/mol. The van der Waals surface area contributed by atoms with Crippen molar-refractivity contribution in [2.75, 3.05) is 20.8 Å². The van der Waals surface area contributed by atoms with Gasteiger partial charge >= 0.3 is 0 Å². The summed E-state index contributed by atoms with van der Waals surface area (Å²) < 4.78 is 11.0. The SMILES string of the molecule is CN=C(NCc1cccnc1OCc1ccccc1)NC(C)COC. The molecule has 2 N–H and O–H groups in total. The van der Waals surface area contributed by atoms with E-state index in [0.29, 0.717) is 31.6 Å². The molecule has 6 heteroatoms. The van der Waals surface area contributed by atoms with Gasteiger partial charge in [0.05, 0.1) is 6.61 Å². The molecule has 1 aromatic heterocycles. The first kappa shape index (κ1) is 18.7. The molecule has 0 aliphatic heterocycles. The number of benzene rings is 1. The van der Waals surface area contributed by atoms with Crippen LogP contribution in [0.5, 0.6) is 5.88 Å². The van der Waals surface area contributed by atoms with Gasteiger partial charge in [-0.05, 0) is 18.6 Å². The molecule has 134 valence electrons. The molecule has 0 saturated heterocycles. The summed E-state index contributed by atoms with van der Waals surface area (Å²) in [6, 6.07) is 14.1. The average molecular weight is 342 g/mol. The van der Waals surface area contributed by atoms with Crippen molar-refractivity contribution < 1.29 is 9.47 Å². The summed E-state index contributed by atoms with van der Waals surface area (Å²) >= 11 is 0. The van der Waals surface area contributed by atoms with Gasteiger partial charge in [-0.25, -0.2) is 4.98 Å². The summed E-state index contributed by atoms with van der Waals surface area (Å²) in [4.78, 5) is 8.57. The molecule has 0 aliphatic rings. The lowest BCUT2D eigenvalue weighted by molar-refractivity contribution is 0.179. The van der Waals surface area contributed by atoms with Crippen LogP contribution in [0.3, 0.4) is 0 Å². The fourth-order valence-corrected chi connectivity index (χ4v) is 2.31. The van der Waals surface area contributed by atoms with Crippen molar-refractivity contribution in [3.05, 3.63) is 59.8 Å². The van der Waals surface area contributed by atoms with E-state index in [0.717, 1.165) is 11.1 Å². The van der Waals surface area contributed by atoms with Gasteiger partial charge in [-0.3, -0.25) is 4.99 Å². The van der Waals surface area contributed by atoms with Crippen LogP contribution in [-0.4, -0.2) is 37.7 Å². The van der Waals surface area contributed by atoms with Crippen LogP contribution in [0.2, 0.25) is 0 Å².